The van der Waals surface area contributed by atoms with Crippen molar-refractivity contribution in [2.45, 2.75) is 19.4 Å². The molecule has 4 heteroatoms. The molecule has 1 saturated heterocycles. The molecule has 1 aliphatic rings. The van der Waals surface area contributed by atoms with Crippen LogP contribution in [0.1, 0.15) is 18.4 Å². The van der Waals surface area contributed by atoms with E-state index < -0.39 is 5.97 Å². The molecule has 0 saturated carbocycles. The summed E-state index contributed by atoms with van der Waals surface area (Å²) in [6.07, 6.45) is 1.55. The van der Waals surface area contributed by atoms with Crippen LogP contribution in [0.5, 0.6) is 0 Å². The van der Waals surface area contributed by atoms with Gasteiger partial charge in [0.15, 0.2) is 0 Å². The molecule has 0 spiro atoms. The number of hydrogen-bond acceptors (Lipinski definition) is 3. The van der Waals surface area contributed by atoms with Crippen LogP contribution < -0.4 is 0 Å². The van der Waals surface area contributed by atoms with Gasteiger partial charge < -0.3 is 5.11 Å². The van der Waals surface area contributed by atoms with Crippen LogP contribution in [0.25, 0.3) is 10.1 Å². The molecule has 0 aliphatic carbocycles. The molecular formula is C15H17NO2S. The second kappa shape index (κ2) is 5.31. The fraction of sp³-hybridized carbons (Fsp3) is 0.400. The van der Waals surface area contributed by atoms with E-state index in [-0.39, 0.29) is 5.92 Å². The van der Waals surface area contributed by atoms with Crippen molar-refractivity contribution >= 4 is 27.4 Å². The van der Waals surface area contributed by atoms with Crippen LogP contribution in [-0.2, 0) is 11.3 Å². The number of nitrogens with zero attached hydrogens (tertiary/aromatic N) is 1. The lowest BCUT2D eigenvalue weighted by Gasteiger charge is -2.29. The average Bonchev–Trinajstić information content (AvgIpc) is 2.83. The number of fused-ring (bicyclic) bond motifs is 1. The molecule has 1 aromatic heterocycles. The Morgan fingerprint density at radius 3 is 2.79 bits per heavy atom. The summed E-state index contributed by atoms with van der Waals surface area (Å²) in [5.74, 6) is -0.781. The van der Waals surface area contributed by atoms with Crippen LogP contribution in [0.15, 0.2) is 29.6 Å². The third kappa shape index (κ3) is 2.65. The Morgan fingerprint density at radius 1 is 1.32 bits per heavy atom. The van der Waals surface area contributed by atoms with Crippen molar-refractivity contribution < 1.29 is 9.90 Å². The standard InChI is InChI=1S/C15H17NO2S/c17-15(18)11-5-7-16(8-6-11)9-12-10-19-14-4-2-1-3-13(12)14/h1-4,10-11H,5-9H2,(H,17,18). The molecule has 1 N–H and O–H groups in total. The van der Waals surface area contributed by atoms with Crippen molar-refractivity contribution in [1.82, 2.24) is 4.90 Å². The van der Waals surface area contributed by atoms with Crippen molar-refractivity contribution in [2.75, 3.05) is 13.1 Å². The number of carboxylic acid groups (broad SMARTS) is 1. The van der Waals surface area contributed by atoms with E-state index in [1.54, 1.807) is 11.3 Å². The summed E-state index contributed by atoms with van der Waals surface area (Å²) < 4.78 is 1.33. The lowest BCUT2D eigenvalue weighted by molar-refractivity contribution is -0.143. The number of carboxylic acids is 1. The molecule has 1 aliphatic heterocycles. The smallest absolute Gasteiger partial charge is 0.306 e. The van der Waals surface area contributed by atoms with Gasteiger partial charge in [0.05, 0.1) is 5.92 Å². The Kier molecular flexibility index (Phi) is 3.53. The maximum atomic E-state index is 10.9. The molecule has 100 valence electrons. The van der Waals surface area contributed by atoms with Crippen LogP contribution in [0.4, 0.5) is 0 Å². The SMILES string of the molecule is O=C(O)C1CCN(Cc2csc3ccccc23)CC1. The zero-order chi connectivity index (χ0) is 13.2. The molecule has 0 atom stereocenters. The van der Waals surface area contributed by atoms with E-state index in [1.807, 2.05) is 0 Å². The molecule has 19 heavy (non-hydrogen) atoms. The van der Waals surface area contributed by atoms with E-state index >= 15 is 0 Å². The van der Waals surface area contributed by atoms with E-state index in [4.69, 9.17) is 5.11 Å². The summed E-state index contributed by atoms with van der Waals surface area (Å²) in [6, 6.07) is 8.47. The topological polar surface area (TPSA) is 40.5 Å². The van der Waals surface area contributed by atoms with Gasteiger partial charge in [0.1, 0.15) is 0 Å². The number of piperidine rings is 1. The minimum atomic E-state index is -0.638. The first-order valence-corrected chi connectivity index (χ1v) is 7.52. The third-order valence-electron chi connectivity index (χ3n) is 3.89. The van der Waals surface area contributed by atoms with Crippen molar-refractivity contribution in [1.29, 1.82) is 0 Å². The lowest BCUT2D eigenvalue weighted by atomic mass is 9.97. The number of rotatable bonds is 3. The van der Waals surface area contributed by atoms with Crippen molar-refractivity contribution in [3.8, 4) is 0 Å². The minimum Gasteiger partial charge on any atom is -0.481 e. The highest BCUT2D eigenvalue weighted by Crippen LogP contribution is 2.28. The van der Waals surface area contributed by atoms with Gasteiger partial charge in [-0.1, -0.05) is 18.2 Å². The Balaban J connectivity index is 1.68. The number of thiophene rings is 1. The fourth-order valence-electron chi connectivity index (χ4n) is 2.73. The van der Waals surface area contributed by atoms with Gasteiger partial charge in [0.25, 0.3) is 0 Å². The zero-order valence-corrected chi connectivity index (χ0v) is 11.5. The van der Waals surface area contributed by atoms with E-state index in [0.29, 0.717) is 0 Å². The van der Waals surface area contributed by atoms with Gasteiger partial charge in [0, 0.05) is 11.2 Å². The molecule has 0 bridgehead atoms. The van der Waals surface area contributed by atoms with E-state index in [9.17, 15) is 4.79 Å². The summed E-state index contributed by atoms with van der Waals surface area (Å²) in [4.78, 5) is 13.3. The van der Waals surface area contributed by atoms with Crippen LogP contribution in [0, 0.1) is 5.92 Å². The van der Waals surface area contributed by atoms with Crippen LogP contribution >= 0.6 is 11.3 Å². The summed E-state index contributed by atoms with van der Waals surface area (Å²) in [7, 11) is 0. The molecule has 2 aromatic rings. The summed E-state index contributed by atoms with van der Waals surface area (Å²) in [5.41, 5.74) is 1.37. The second-order valence-corrected chi connectivity index (χ2v) is 6.06. The quantitative estimate of drug-likeness (QED) is 0.935. The van der Waals surface area contributed by atoms with Gasteiger partial charge in [-0.3, -0.25) is 9.69 Å². The zero-order valence-electron chi connectivity index (χ0n) is 10.7. The first-order valence-electron chi connectivity index (χ1n) is 6.64. The molecule has 0 amide bonds. The van der Waals surface area contributed by atoms with Gasteiger partial charge in [-0.25, -0.2) is 0 Å². The number of likely N-dealkylation sites (tertiary alicyclic amines) is 1. The Bertz CT molecular complexity index is 585. The average molecular weight is 275 g/mol. The van der Waals surface area contributed by atoms with Gasteiger partial charge in [-0.15, -0.1) is 11.3 Å². The van der Waals surface area contributed by atoms with Gasteiger partial charge in [0.2, 0.25) is 0 Å². The summed E-state index contributed by atoms with van der Waals surface area (Å²) in [5, 5.41) is 12.6. The lowest BCUT2D eigenvalue weighted by Crippen LogP contribution is -2.35. The second-order valence-electron chi connectivity index (χ2n) is 5.15. The minimum absolute atomic E-state index is 0.143. The molecular weight excluding hydrogens is 258 g/mol. The Morgan fingerprint density at radius 2 is 2.05 bits per heavy atom. The Labute approximate surface area is 116 Å². The molecule has 2 heterocycles. The first-order chi connectivity index (χ1) is 9.24. The van der Waals surface area contributed by atoms with Gasteiger partial charge in [-0.2, -0.15) is 0 Å². The maximum absolute atomic E-state index is 10.9. The molecule has 1 aromatic carbocycles. The van der Waals surface area contributed by atoms with Crippen molar-refractivity contribution in [3.63, 3.8) is 0 Å². The third-order valence-corrected chi connectivity index (χ3v) is 4.90. The predicted octanol–water partition coefficient (Wildman–Crippen LogP) is 3.20. The van der Waals surface area contributed by atoms with Crippen LogP contribution in [0.2, 0.25) is 0 Å². The van der Waals surface area contributed by atoms with E-state index in [2.05, 4.69) is 34.5 Å². The maximum Gasteiger partial charge on any atom is 0.306 e. The van der Waals surface area contributed by atoms with Crippen LogP contribution in [0.3, 0.4) is 0 Å². The van der Waals surface area contributed by atoms with E-state index in [1.165, 1.54) is 15.6 Å². The first kappa shape index (κ1) is 12.6. The fourth-order valence-corrected chi connectivity index (χ4v) is 3.69. The molecule has 3 rings (SSSR count). The Hall–Kier alpha value is -1.39. The van der Waals surface area contributed by atoms with Crippen molar-refractivity contribution in [3.05, 3.63) is 35.2 Å². The van der Waals surface area contributed by atoms with Gasteiger partial charge in [-0.05, 0) is 48.3 Å². The van der Waals surface area contributed by atoms with Crippen molar-refractivity contribution in [2.24, 2.45) is 5.92 Å². The largest absolute Gasteiger partial charge is 0.481 e. The number of carbonyl (C=O) groups is 1. The highest BCUT2D eigenvalue weighted by Gasteiger charge is 2.24. The highest BCUT2D eigenvalue weighted by molar-refractivity contribution is 7.17. The molecule has 0 radical (unpaired) electrons. The number of benzene rings is 1. The number of aliphatic carboxylic acids is 1. The monoisotopic (exact) mass is 275 g/mol. The molecule has 1 fully saturated rings. The molecule has 3 nitrogen and oxygen atoms in total. The summed E-state index contributed by atoms with van der Waals surface area (Å²) in [6.45, 7) is 2.72. The number of hydrogen-bond donors (Lipinski definition) is 1. The predicted molar refractivity (Wildman–Crippen MR) is 77.5 cm³/mol. The van der Waals surface area contributed by atoms with Crippen LogP contribution in [-0.4, -0.2) is 29.1 Å². The molecule has 0 unspecified atom stereocenters. The normalized spacial score (nSPS) is 17.9. The van der Waals surface area contributed by atoms with E-state index in [0.717, 1.165) is 32.5 Å². The summed E-state index contributed by atoms with van der Waals surface area (Å²) >= 11 is 1.79. The highest BCUT2D eigenvalue weighted by atomic mass is 32.1. The van der Waals surface area contributed by atoms with Gasteiger partial charge >= 0.3 is 5.97 Å².